The zero-order chi connectivity index (χ0) is 22.2. The molecule has 5 aromatic rings. The van der Waals surface area contributed by atoms with Gasteiger partial charge in [0, 0.05) is 16.7 Å². The van der Waals surface area contributed by atoms with Crippen molar-refractivity contribution < 1.29 is 4.79 Å². The number of benzene rings is 2. The second kappa shape index (κ2) is 7.90. The third-order valence-electron chi connectivity index (χ3n) is 4.97. The molecule has 0 saturated heterocycles. The van der Waals surface area contributed by atoms with Crippen LogP contribution in [0.4, 0.5) is 5.82 Å². The number of nitrogens with one attached hydrogen (secondary N) is 1. The molecule has 0 spiro atoms. The molecular weight excluding hydrogens is 426 g/mol. The Morgan fingerprint density at radius 2 is 1.81 bits per heavy atom. The molecule has 2 aromatic carbocycles. The van der Waals surface area contributed by atoms with E-state index in [0.29, 0.717) is 33.3 Å². The van der Waals surface area contributed by atoms with Crippen molar-refractivity contribution in [3.05, 3.63) is 89.0 Å². The number of aryl methyl sites for hydroxylation is 2. The highest BCUT2D eigenvalue weighted by atomic mass is 35.5. The van der Waals surface area contributed by atoms with Gasteiger partial charge in [0.15, 0.2) is 11.5 Å². The predicted molar refractivity (Wildman–Crippen MR) is 123 cm³/mol. The molecule has 0 aliphatic rings. The number of halogens is 1. The molecular formula is C23H18ClN7O. The summed E-state index contributed by atoms with van der Waals surface area (Å²) >= 11 is 6.01. The van der Waals surface area contributed by atoms with Gasteiger partial charge in [-0.3, -0.25) is 4.79 Å². The van der Waals surface area contributed by atoms with Crippen LogP contribution in [0.5, 0.6) is 0 Å². The molecule has 0 saturated carbocycles. The summed E-state index contributed by atoms with van der Waals surface area (Å²) < 4.78 is 3.30. The zero-order valence-electron chi connectivity index (χ0n) is 17.3. The number of nitrogens with zero attached hydrogens (tertiary/aromatic N) is 6. The molecule has 158 valence electrons. The third kappa shape index (κ3) is 3.61. The SMILES string of the molecule is Cc1cccc(C(=O)Nc2cc(C)nn2-c2ncnc3c2cnn3-c2ccc(Cl)cc2)c1. The van der Waals surface area contributed by atoms with E-state index in [1.54, 1.807) is 39.8 Å². The van der Waals surface area contributed by atoms with Gasteiger partial charge in [-0.25, -0.2) is 14.6 Å². The first kappa shape index (κ1) is 19.9. The van der Waals surface area contributed by atoms with Crippen LogP contribution in [-0.2, 0) is 0 Å². The average molecular weight is 444 g/mol. The van der Waals surface area contributed by atoms with Crippen LogP contribution < -0.4 is 5.32 Å². The first-order chi connectivity index (χ1) is 15.5. The van der Waals surface area contributed by atoms with Crippen LogP contribution in [0.2, 0.25) is 5.02 Å². The smallest absolute Gasteiger partial charge is 0.256 e. The van der Waals surface area contributed by atoms with Gasteiger partial charge in [-0.05, 0) is 50.2 Å². The van der Waals surface area contributed by atoms with E-state index in [2.05, 4.69) is 25.5 Å². The van der Waals surface area contributed by atoms with Gasteiger partial charge in [-0.2, -0.15) is 14.9 Å². The van der Waals surface area contributed by atoms with Gasteiger partial charge >= 0.3 is 0 Å². The number of aromatic nitrogens is 6. The van der Waals surface area contributed by atoms with Crippen molar-refractivity contribution in [1.29, 1.82) is 0 Å². The summed E-state index contributed by atoms with van der Waals surface area (Å²) in [6.45, 7) is 3.80. The highest BCUT2D eigenvalue weighted by molar-refractivity contribution is 6.30. The molecule has 5 rings (SSSR count). The summed E-state index contributed by atoms with van der Waals surface area (Å²) in [5.41, 5.74) is 3.75. The lowest BCUT2D eigenvalue weighted by molar-refractivity contribution is 0.102. The summed E-state index contributed by atoms with van der Waals surface area (Å²) in [5.74, 6) is 0.799. The van der Waals surface area contributed by atoms with Crippen molar-refractivity contribution in [2.75, 3.05) is 5.32 Å². The fraction of sp³-hybridized carbons (Fsp3) is 0.0870. The van der Waals surface area contributed by atoms with Crippen molar-refractivity contribution in [1.82, 2.24) is 29.5 Å². The second-order valence-corrected chi connectivity index (χ2v) is 7.81. The van der Waals surface area contributed by atoms with Crippen molar-refractivity contribution in [3.8, 4) is 11.5 Å². The average Bonchev–Trinajstić information content (AvgIpc) is 3.37. The number of carbonyl (C=O) groups excluding carboxylic acids is 1. The Balaban J connectivity index is 1.56. The molecule has 0 bridgehead atoms. The number of anilines is 1. The summed E-state index contributed by atoms with van der Waals surface area (Å²) in [4.78, 5) is 21.7. The Hall–Kier alpha value is -4.04. The molecule has 9 heteroatoms. The van der Waals surface area contributed by atoms with E-state index >= 15 is 0 Å². The molecule has 3 heterocycles. The largest absolute Gasteiger partial charge is 0.306 e. The van der Waals surface area contributed by atoms with E-state index in [4.69, 9.17) is 11.6 Å². The first-order valence-electron chi connectivity index (χ1n) is 9.89. The normalized spacial score (nSPS) is 11.1. The fourth-order valence-electron chi connectivity index (χ4n) is 3.50. The van der Waals surface area contributed by atoms with Gasteiger partial charge in [0.05, 0.1) is 23.0 Å². The number of amides is 1. The number of fused-ring (bicyclic) bond motifs is 1. The topological polar surface area (TPSA) is 90.5 Å². The van der Waals surface area contributed by atoms with E-state index in [9.17, 15) is 4.79 Å². The quantitative estimate of drug-likeness (QED) is 0.441. The van der Waals surface area contributed by atoms with E-state index in [-0.39, 0.29) is 5.91 Å². The van der Waals surface area contributed by atoms with Gasteiger partial charge in [0.25, 0.3) is 5.91 Å². The summed E-state index contributed by atoms with van der Waals surface area (Å²) in [5, 5.41) is 13.3. The number of carbonyl (C=O) groups is 1. The maximum atomic E-state index is 12.8. The maximum absolute atomic E-state index is 12.8. The molecule has 0 aliphatic carbocycles. The molecule has 32 heavy (non-hydrogen) atoms. The van der Waals surface area contributed by atoms with Crippen LogP contribution in [0.15, 0.2) is 67.1 Å². The lowest BCUT2D eigenvalue weighted by atomic mass is 10.1. The minimum atomic E-state index is -0.225. The van der Waals surface area contributed by atoms with Crippen LogP contribution in [0.25, 0.3) is 22.5 Å². The Bertz CT molecular complexity index is 1450. The minimum absolute atomic E-state index is 0.225. The molecule has 0 aliphatic heterocycles. The number of hydrogen-bond donors (Lipinski definition) is 1. The Kier molecular flexibility index (Phi) is 4.91. The van der Waals surface area contributed by atoms with Gasteiger partial charge in [0.2, 0.25) is 0 Å². The van der Waals surface area contributed by atoms with E-state index in [0.717, 1.165) is 16.9 Å². The summed E-state index contributed by atoms with van der Waals surface area (Å²) in [6, 6.07) is 16.5. The van der Waals surface area contributed by atoms with E-state index in [1.165, 1.54) is 6.33 Å². The predicted octanol–water partition coefficient (Wildman–Crippen LogP) is 4.52. The summed E-state index contributed by atoms with van der Waals surface area (Å²) in [6.07, 6.45) is 3.14. The molecule has 0 unspecified atom stereocenters. The lowest BCUT2D eigenvalue weighted by Crippen LogP contribution is -2.16. The zero-order valence-corrected chi connectivity index (χ0v) is 18.1. The van der Waals surface area contributed by atoms with Crippen LogP contribution in [0, 0.1) is 13.8 Å². The Morgan fingerprint density at radius 1 is 1.00 bits per heavy atom. The maximum Gasteiger partial charge on any atom is 0.256 e. The molecule has 0 fully saturated rings. The second-order valence-electron chi connectivity index (χ2n) is 7.37. The summed E-state index contributed by atoms with van der Waals surface area (Å²) in [7, 11) is 0. The monoisotopic (exact) mass is 443 g/mol. The van der Waals surface area contributed by atoms with Gasteiger partial charge < -0.3 is 5.32 Å². The number of rotatable bonds is 4. The van der Waals surface area contributed by atoms with Crippen molar-refractivity contribution in [2.24, 2.45) is 0 Å². The van der Waals surface area contributed by atoms with Crippen molar-refractivity contribution in [3.63, 3.8) is 0 Å². The Morgan fingerprint density at radius 3 is 2.59 bits per heavy atom. The molecule has 1 amide bonds. The molecule has 3 aromatic heterocycles. The van der Waals surface area contributed by atoms with Crippen molar-refractivity contribution in [2.45, 2.75) is 13.8 Å². The third-order valence-corrected chi connectivity index (χ3v) is 5.22. The number of hydrogen-bond acceptors (Lipinski definition) is 5. The highest BCUT2D eigenvalue weighted by Crippen LogP contribution is 2.25. The van der Waals surface area contributed by atoms with Crippen LogP contribution >= 0.6 is 11.6 Å². The van der Waals surface area contributed by atoms with E-state index in [1.807, 2.05) is 44.2 Å². The molecule has 0 radical (unpaired) electrons. The Labute approximate surface area is 188 Å². The van der Waals surface area contributed by atoms with Crippen LogP contribution in [-0.4, -0.2) is 35.4 Å². The highest BCUT2D eigenvalue weighted by Gasteiger charge is 2.18. The van der Waals surface area contributed by atoms with Gasteiger partial charge in [-0.15, -0.1) is 0 Å². The van der Waals surface area contributed by atoms with E-state index < -0.39 is 0 Å². The molecule has 1 N–H and O–H groups in total. The fourth-order valence-corrected chi connectivity index (χ4v) is 3.62. The van der Waals surface area contributed by atoms with Gasteiger partial charge in [-0.1, -0.05) is 29.3 Å². The minimum Gasteiger partial charge on any atom is -0.306 e. The molecule has 0 atom stereocenters. The molecule has 8 nitrogen and oxygen atoms in total. The van der Waals surface area contributed by atoms with Crippen LogP contribution in [0.1, 0.15) is 21.6 Å². The first-order valence-corrected chi connectivity index (χ1v) is 10.3. The van der Waals surface area contributed by atoms with Crippen LogP contribution in [0.3, 0.4) is 0 Å². The van der Waals surface area contributed by atoms with Crippen molar-refractivity contribution >= 4 is 34.4 Å². The lowest BCUT2D eigenvalue weighted by Gasteiger charge is -2.09. The standard InChI is InChI=1S/C23H18ClN7O/c1-14-4-3-5-16(10-14)23(32)28-20-11-15(2)29-31(20)22-19-12-27-30(21(19)25-13-26-22)18-8-6-17(24)7-9-18/h3-13H,1-2H3,(H,28,32). The van der Waals surface area contributed by atoms with Gasteiger partial charge in [0.1, 0.15) is 12.1 Å².